The van der Waals surface area contributed by atoms with E-state index in [0.717, 1.165) is 12.5 Å². The van der Waals surface area contributed by atoms with Gasteiger partial charge in [0.15, 0.2) is 9.84 Å². The third kappa shape index (κ3) is 3.52. The molecule has 1 aromatic carbocycles. The van der Waals surface area contributed by atoms with E-state index >= 15 is 0 Å². The third-order valence-corrected chi connectivity index (χ3v) is 5.23. The van der Waals surface area contributed by atoms with Gasteiger partial charge in [-0.15, -0.1) is 0 Å². The van der Waals surface area contributed by atoms with Crippen LogP contribution in [0.25, 0.3) is 0 Å². The second-order valence-electron chi connectivity index (χ2n) is 4.76. The minimum absolute atomic E-state index is 0.0339. The highest BCUT2D eigenvalue weighted by atomic mass is 32.2. The van der Waals surface area contributed by atoms with Crippen LogP contribution in [0.15, 0.2) is 29.2 Å². The summed E-state index contributed by atoms with van der Waals surface area (Å²) in [6.45, 7) is 1.24. The molecule has 0 amide bonds. The molecule has 2 unspecified atom stereocenters. The largest absolute Gasteiger partial charge is 0.381 e. The fraction of sp³-hybridized carbons (Fsp3) is 0.538. The second kappa shape index (κ2) is 5.98. The van der Waals surface area contributed by atoms with Gasteiger partial charge >= 0.3 is 0 Å². The summed E-state index contributed by atoms with van der Waals surface area (Å²) in [6.07, 6.45) is 0.851. The predicted octanol–water partition coefficient (Wildman–Crippen LogP) is 1.22. The van der Waals surface area contributed by atoms with Crippen molar-refractivity contribution < 1.29 is 17.5 Å². The summed E-state index contributed by atoms with van der Waals surface area (Å²) in [5, 5.41) is 3.03. The van der Waals surface area contributed by atoms with Gasteiger partial charge in [0, 0.05) is 18.6 Å². The smallest absolute Gasteiger partial charge is 0.180 e. The number of hydrogen-bond acceptors (Lipinski definition) is 4. The highest BCUT2D eigenvalue weighted by Gasteiger charge is 2.29. The maximum atomic E-state index is 13.1. The number of rotatable bonds is 5. The lowest BCUT2D eigenvalue weighted by Crippen LogP contribution is -2.40. The van der Waals surface area contributed by atoms with Gasteiger partial charge in [0.25, 0.3) is 0 Å². The average Bonchev–Trinajstić information content (AvgIpc) is 2.90. The summed E-state index contributed by atoms with van der Waals surface area (Å²) < 4.78 is 42.9. The molecule has 0 bridgehead atoms. The van der Waals surface area contributed by atoms with E-state index < -0.39 is 15.7 Å². The molecule has 2 atom stereocenters. The highest BCUT2D eigenvalue weighted by molar-refractivity contribution is 7.91. The Balaban J connectivity index is 2.15. The number of ether oxygens (including phenoxy) is 1. The SMILES string of the molecule is CNC(CS(=O)(=O)c1cccc(F)c1)C1CCOC1. The number of nitrogens with one attached hydrogen (secondary N) is 1. The van der Waals surface area contributed by atoms with Crippen molar-refractivity contribution in [2.45, 2.75) is 17.4 Å². The van der Waals surface area contributed by atoms with Gasteiger partial charge in [-0.05, 0) is 31.7 Å². The van der Waals surface area contributed by atoms with Crippen molar-refractivity contribution in [3.8, 4) is 0 Å². The van der Waals surface area contributed by atoms with E-state index in [2.05, 4.69) is 5.32 Å². The molecule has 1 fully saturated rings. The molecule has 1 saturated heterocycles. The summed E-state index contributed by atoms with van der Waals surface area (Å²) in [5.41, 5.74) is 0. The van der Waals surface area contributed by atoms with Gasteiger partial charge in [0.05, 0.1) is 17.3 Å². The standard InChI is InChI=1S/C13H18FNO3S/c1-15-13(10-5-6-18-8-10)9-19(16,17)12-4-2-3-11(14)7-12/h2-4,7,10,13,15H,5-6,8-9H2,1H3. The second-order valence-corrected chi connectivity index (χ2v) is 6.79. The van der Waals surface area contributed by atoms with Crippen LogP contribution in [-0.4, -0.2) is 40.5 Å². The Labute approximate surface area is 112 Å². The first-order valence-electron chi connectivity index (χ1n) is 6.26. The summed E-state index contributed by atoms with van der Waals surface area (Å²) >= 11 is 0. The molecule has 1 aromatic rings. The van der Waals surface area contributed by atoms with Gasteiger partial charge in [0.2, 0.25) is 0 Å². The lowest BCUT2D eigenvalue weighted by atomic mass is 10.0. The molecule has 0 radical (unpaired) electrons. The zero-order valence-corrected chi connectivity index (χ0v) is 11.6. The van der Waals surface area contributed by atoms with Crippen LogP contribution in [0.1, 0.15) is 6.42 Å². The highest BCUT2D eigenvalue weighted by Crippen LogP contribution is 2.21. The predicted molar refractivity (Wildman–Crippen MR) is 70.2 cm³/mol. The van der Waals surface area contributed by atoms with E-state index in [1.807, 2.05) is 0 Å². The van der Waals surface area contributed by atoms with Gasteiger partial charge in [-0.3, -0.25) is 0 Å². The molecule has 1 heterocycles. The fourth-order valence-corrected chi connectivity index (χ4v) is 4.00. The van der Waals surface area contributed by atoms with Crippen molar-refractivity contribution in [1.29, 1.82) is 0 Å². The normalized spacial score (nSPS) is 21.5. The summed E-state index contributed by atoms with van der Waals surface area (Å²) in [6, 6.07) is 4.97. The van der Waals surface area contributed by atoms with Crippen LogP contribution in [0.5, 0.6) is 0 Å². The fourth-order valence-electron chi connectivity index (χ4n) is 2.32. The van der Waals surface area contributed by atoms with E-state index in [1.165, 1.54) is 18.2 Å². The van der Waals surface area contributed by atoms with E-state index in [4.69, 9.17) is 4.74 Å². The average molecular weight is 287 g/mol. The molecule has 19 heavy (non-hydrogen) atoms. The number of halogens is 1. The van der Waals surface area contributed by atoms with Crippen LogP contribution in [-0.2, 0) is 14.6 Å². The Hall–Kier alpha value is -0.980. The van der Waals surface area contributed by atoms with Crippen LogP contribution in [0.4, 0.5) is 4.39 Å². The first-order valence-corrected chi connectivity index (χ1v) is 7.91. The van der Waals surface area contributed by atoms with Crippen LogP contribution in [0.3, 0.4) is 0 Å². The molecule has 1 aliphatic heterocycles. The molecular weight excluding hydrogens is 269 g/mol. The Morgan fingerprint density at radius 2 is 2.32 bits per heavy atom. The van der Waals surface area contributed by atoms with Crippen molar-refractivity contribution in [1.82, 2.24) is 5.32 Å². The summed E-state index contributed by atoms with van der Waals surface area (Å²) in [7, 11) is -1.75. The Kier molecular flexibility index (Phi) is 4.54. The molecular formula is C13H18FNO3S. The third-order valence-electron chi connectivity index (χ3n) is 3.46. The molecule has 0 saturated carbocycles. The number of sulfone groups is 1. The Bertz CT molecular complexity index is 526. The van der Waals surface area contributed by atoms with E-state index in [0.29, 0.717) is 13.2 Å². The van der Waals surface area contributed by atoms with Crippen LogP contribution in [0, 0.1) is 11.7 Å². The topological polar surface area (TPSA) is 55.4 Å². The van der Waals surface area contributed by atoms with Crippen LogP contribution >= 0.6 is 0 Å². The van der Waals surface area contributed by atoms with Gasteiger partial charge in [-0.1, -0.05) is 6.07 Å². The minimum atomic E-state index is -3.49. The zero-order valence-electron chi connectivity index (χ0n) is 10.8. The molecule has 0 spiro atoms. The first kappa shape index (κ1) is 14.4. The zero-order chi connectivity index (χ0) is 13.9. The Morgan fingerprint density at radius 3 is 2.89 bits per heavy atom. The number of hydrogen-bond donors (Lipinski definition) is 1. The summed E-state index contributed by atoms with van der Waals surface area (Å²) in [5.74, 6) is -0.388. The van der Waals surface area contributed by atoms with Gasteiger partial charge in [-0.25, -0.2) is 12.8 Å². The molecule has 106 valence electrons. The first-order chi connectivity index (χ1) is 9.03. The van der Waals surface area contributed by atoms with E-state index in [1.54, 1.807) is 7.05 Å². The van der Waals surface area contributed by atoms with E-state index in [-0.39, 0.29) is 22.6 Å². The van der Waals surface area contributed by atoms with Crippen LogP contribution in [0.2, 0.25) is 0 Å². The maximum absolute atomic E-state index is 13.1. The van der Waals surface area contributed by atoms with Crippen molar-refractivity contribution >= 4 is 9.84 Å². The van der Waals surface area contributed by atoms with Gasteiger partial charge in [-0.2, -0.15) is 0 Å². The molecule has 0 aromatic heterocycles. The van der Waals surface area contributed by atoms with Crippen molar-refractivity contribution in [3.63, 3.8) is 0 Å². The lowest BCUT2D eigenvalue weighted by Gasteiger charge is -2.21. The molecule has 0 aliphatic carbocycles. The van der Waals surface area contributed by atoms with Gasteiger partial charge < -0.3 is 10.1 Å². The summed E-state index contributed by atoms with van der Waals surface area (Å²) in [4.78, 5) is 0.0339. The minimum Gasteiger partial charge on any atom is -0.381 e. The molecule has 1 N–H and O–H groups in total. The van der Waals surface area contributed by atoms with Crippen molar-refractivity contribution in [2.24, 2.45) is 5.92 Å². The molecule has 2 rings (SSSR count). The van der Waals surface area contributed by atoms with Gasteiger partial charge in [0.1, 0.15) is 5.82 Å². The Morgan fingerprint density at radius 1 is 1.53 bits per heavy atom. The number of benzene rings is 1. The lowest BCUT2D eigenvalue weighted by molar-refractivity contribution is 0.179. The van der Waals surface area contributed by atoms with Crippen molar-refractivity contribution in [3.05, 3.63) is 30.1 Å². The monoisotopic (exact) mass is 287 g/mol. The van der Waals surface area contributed by atoms with E-state index in [9.17, 15) is 12.8 Å². The molecule has 6 heteroatoms. The quantitative estimate of drug-likeness (QED) is 0.885. The molecule has 1 aliphatic rings. The molecule has 4 nitrogen and oxygen atoms in total. The maximum Gasteiger partial charge on any atom is 0.180 e. The van der Waals surface area contributed by atoms with Crippen LogP contribution < -0.4 is 5.32 Å². The van der Waals surface area contributed by atoms with Crippen molar-refractivity contribution in [2.75, 3.05) is 26.0 Å².